The summed E-state index contributed by atoms with van der Waals surface area (Å²) in [4.78, 5) is 23.3. The molecular formula is C34H48N4O4. The van der Waals surface area contributed by atoms with E-state index in [1.54, 1.807) is 20.8 Å². The van der Waals surface area contributed by atoms with E-state index in [1.165, 1.54) is 11.1 Å². The van der Waals surface area contributed by atoms with E-state index in [-0.39, 0.29) is 6.42 Å². The van der Waals surface area contributed by atoms with Gasteiger partial charge in [0.05, 0.1) is 35.3 Å². The van der Waals surface area contributed by atoms with Crippen molar-refractivity contribution in [2.75, 3.05) is 36.5 Å². The molecule has 42 heavy (non-hydrogen) atoms. The van der Waals surface area contributed by atoms with E-state index in [0.717, 1.165) is 65.6 Å². The Morgan fingerprint density at radius 1 is 1.02 bits per heavy atom. The Balaban J connectivity index is 0.000000892. The van der Waals surface area contributed by atoms with Gasteiger partial charge in [-0.3, -0.25) is 14.8 Å². The number of benzene rings is 1. The summed E-state index contributed by atoms with van der Waals surface area (Å²) in [7, 11) is 0. The number of rotatable bonds is 9. The Morgan fingerprint density at radius 2 is 1.69 bits per heavy atom. The molecule has 8 heteroatoms. The van der Waals surface area contributed by atoms with Gasteiger partial charge in [0.15, 0.2) is 0 Å². The number of aromatic nitrogens is 2. The molecule has 0 radical (unpaired) electrons. The summed E-state index contributed by atoms with van der Waals surface area (Å²) in [6.45, 7) is 18.8. The third-order valence-electron chi connectivity index (χ3n) is 7.34. The quantitative estimate of drug-likeness (QED) is 0.245. The maximum absolute atomic E-state index is 11.7. The Morgan fingerprint density at radius 3 is 2.26 bits per heavy atom. The van der Waals surface area contributed by atoms with Crippen LogP contribution in [0.5, 0.6) is 5.75 Å². The van der Waals surface area contributed by atoms with Crippen LogP contribution in [0, 0.1) is 26.2 Å². The lowest BCUT2D eigenvalue weighted by Crippen LogP contribution is -2.38. The van der Waals surface area contributed by atoms with E-state index in [4.69, 9.17) is 14.8 Å². The van der Waals surface area contributed by atoms with Gasteiger partial charge < -0.3 is 25.2 Å². The van der Waals surface area contributed by atoms with E-state index in [0.29, 0.717) is 18.6 Å². The van der Waals surface area contributed by atoms with Gasteiger partial charge in [0, 0.05) is 42.7 Å². The molecule has 0 atom stereocenters. The van der Waals surface area contributed by atoms with Crippen molar-refractivity contribution < 1.29 is 19.7 Å². The number of aliphatic hydroxyl groups is 1. The number of carboxylic acid groups (broad SMARTS) is 1. The summed E-state index contributed by atoms with van der Waals surface area (Å²) < 4.78 is 5.87. The predicted molar refractivity (Wildman–Crippen MR) is 171 cm³/mol. The van der Waals surface area contributed by atoms with Gasteiger partial charge in [-0.15, -0.1) is 0 Å². The molecule has 1 aliphatic rings. The molecule has 0 aliphatic carbocycles. The first-order valence-electron chi connectivity index (χ1n) is 14.7. The SMILES string of the molecule is CC(C)(C)O.Cc1ccc(OCCNc2ccc(-c3cnc(C)c(CC(=O)O)c3N3CCC(C)(C)CC3)nc2)cc1C. The molecule has 4 rings (SSSR count). The van der Waals surface area contributed by atoms with Crippen LogP contribution >= 0.6 is 0 Å². The number of ether oxygens (including phenoxy) is 1. The lowest BCUT2D eigenvalue weighted by molar-refractivity contribution is -0.136. The third-order valence-corrected chi connectivity index (χ3v) is 7.34. The van der Waals surface area contributed by atoms with Crippen LogP contribution in [0.4, 0.5) is 11.4 Å². The summed E-state index contributed by atoms with van der Waals surface area (Å²) in [6, 6.07) is 10.1. The molecule has 1 aromatic carbocycles. The summed E-state index contributed by atoms with van der Waals surface area (Å²) in [6.07, 6.45) is 5.71. The van der Waals surface area contributed by atoms with Gasteiger partial charge in [0.25, 0.3) is 0 Å². The van der Waals surface area contributed by atoms with Crippen LogP contribution in [-0.2, 0) is 11.2 Å². The zero-order valence-electron chi connectivity index (χ0n) is 26.5. The molecular weight excluding hydrogens is 528 g/mol. The lowest BCUT2D eigenvalue weighted by atomic mass is 9.82. The molecule has 3 heterocycles. The number of hydrogen-bond donors (Lipinski definition) is 3. The highest BCUT2D eigenvalue weighted by atomic mass is 16.5. The molecule has 0 bridgehead atoms. The predicted octanol–water partition coefficient (Wildman–Crippen LogP) is 6.59. The average molecular weight is 577 g/mol. The zero-order chi connectivity index (χ0) is 31.1. The number of piperidine rings is 1. The fourth-order valence-corrected chi connectivity index (χ4v) is 4.71. The molecule has 3 aromatic rings. The molecule has 3 N–H and O–H groups in total. The summed E-state index contributed by atoms with van der Waals surface area (Å²) >= 11 is 0. The molecule has 2 aromatic heterocycles. The fourth-order valence-electron chi connectivity index (χ4n) is 4.71. The number of anilines is 2. The van der Waals surface area contributed by atoms with Gasteiger partial charge in [0.1, 0.15) is 12.4 Å². The average Bonchev–Trinajstić information content (AvgIpc) is 2.89. The smallest absolute Gasteiger partial charge is 0.307 e. The fraction of sp³-hybridized carbons (Fsp3) is 0.500. The van der Waals surface area contributed by atoms with Crippen LogP contribution in [0.2, 0.25) is 0 Å². The Hall–Kier alpha value is -3.65. The molecule has 0 saturated carbocycles. The molecule has 0 amide bonds. The first-order chi connectivity index (χ1) is 19.6. The number of carbonyl (C=O) groups is 1. The maximum Gasteiger partial charge on any atom is 0.307 e. The largest absolute Gasteiger partial charge is 0.492 e. The van der Waals surface area contributed by atoms with Crippen molar-refractivity contribution in [1.82, 2.24) is 9.97 Å². The van der Waals surface area contributed by atoms with Gasteiger partial charge in [-0.25, -0.2) is 0 Å². The Labute approximate surface area is 251 Å². The monoisotopic (exact) mass is 576 g/mol. The van der Waals surface area contributed by atoms with E-state index in [9.17, 15) is 9.90 Å². The van der Waals surface area contributed by atoms with Crippen LogP contribution in [-0.4, -0.2) is 58.0 Å². The third kappa shape index (κ3) is 10.0. The van der Waals surface area contributed by atoms with Gasteiger partial charge in [-0.05, 0) is 95.2 Å². The Bertz CT molecular complexity index is 1330. The van der Waals surface area contributed by atoms with Crippen LogP contribution in [0.15, 0.2) is 42.7 Å². The first kappa shape index (κ1) is 32.9. The van der Waals surface area contributed by atoms with Gasteiger partial charge in [-0.1, -0.05) is 19.9 Å². The van der Waals surface area contributed by atoms with Crippen LogP contribution in [0.3, 0.4) is 0 Å². The number of pyridine rings is 2. The first-order valence-corrected chi connectivity index (χ1v) is 14.7. The van der Waals surface area contributed by atoms with Gasteiger partial charge in [-0.2, -0.15) is 0 Å². The van der Waals surface area contributed by atoms with Crippen LogP contribution < -0.4 is 15.0 Å². The van der Waals surface area contributed by atoms with Crippen molar-refractivity contribution in [3.63, 3.8) is 0 Å². The summed E-state index contributed by atoms with van der Waals surface area (Å²) in [5.41, 5.74) is 7.32. The standard InChI is InChI=1S/C30H38N4O3.C4H10O/c1-20-6-8-24(16-21(20)2)37-15-12-31-23-7-9-27(33-18-23)26-19-32-22(3)25(17-28(35)36)29(26)34-13-10-30(4,5)11-14-34;1-4(2,3)5/h6-9,16,18-19,31H,10-15,17H2,1-5H3,(H,35,36);5H,1-3H3. The molecule has 8 nitrogen and oxygen atoms in total. The summed E-state index contributed by atoms with van der Waals surface area (Å²) in [5.74, 6) is 0.0206. The minimum absolute atomic E-state index is 0.0535. The van der Waals surface area contributed by atoms with Crippen molar-refractivity contribution in [2.45, 2.75) is 80.3 Å². The van der Waals surface area contributed by atoms with Crippen molar-refractivity contribution in [1.29, 1.82) is 0 Å². The minimum Gasteiger partial charge on any atom is -0.492 e. The second kappa shape index (κ2) is 14.0. The van der Waals surface area contributed by atoms with Gasteiger partial charge >= 0.3 is 5.97 Å². The van der Waals surface area contributed by atoms with Crippen molar-refractivity contribution in [2.24, 2.45) is 5.41 Å². The van der Waals surface area contributed by atoms with Crippen molar-refractivity contribution in [3.8, 4) is 17.0 Å². The highest BCUT2D eigenvalue weighted by Gasteiger charge is 2.29. The Kier molecular flexibility index (Phi) is 11.0. The molecule has 228 valence electrons. The number of aryl methyl sites for hydroxylation is 3. The summed E-state index contributed by atoms with van der Waals surface area (Å²) in [5, 5.41) is 21.5. The second-order valence-electron chi connectivity index (χ2n) is 12.9. The number of nitrogens with zero attached hydrogens (tertiary/aromatic N) is 3. The molecule has 1 saturated heterocycles. The highest BCUT2D eigenvalue weighted by Crippen LogP contribution is 2.39. The van der Waals surface area contributed by atoms with E-state index < -0.39 is 11.6 Å². The minimum atomic E-state index is -0.851. The number of nitrogens with one attached hydrogen (secondary N) is 1. The van der Waals surface area contributed by atoms with Crippen LogP contribution in [0.25, 0.3) is 11.3 Å². The van der Waals surface area contributed by atoms with Gasteiger partial charge in [0.2, 0.25) is 0 Å². The number of hydrogen-bond acceptors (Lipinski definition) is 7. The second-order valence-corrected chi connectivity index (χ2v) is 12.9. The normalized spacial score (nSPS) is 14.5. The van der Waals surface area contributed by atoms with E-state index in [2.05, 4.69) is 55.0 Å². The maximum atomic E-state index is 11.7. The molecule has 0 spiro atoms. The van der Waals surface area contributed by atoms with Crippen molar-refractivity contribution in [3.05, 3.63) is 65.1 Å². The van der Waals surface area contributed by atoms with E-state index >= 15 is 0 Å². The molecule has 1 aliphatic heterocycles. The van der Waals surface area contributed by atoms with E-state index in [1.807, 2.05) is 37.5 Å². The molecule has 0 unspecified atom stereocenters. The zero-order valence-corrected chi connectivity index (χ0v) is 26.5. The van der Waals surface area contributed by atoms with Crippen molar-refractivity contribution >= 4 is 17.3 Å². The number of aliphatic carboxylic acids is 1. The molecule has 1 fully saturated rings. The topological polar surface area (TPSA) is 108 Å². The lowest BCUT2D eigenvalue weighted by Gasteiger charge is -2.40. The number of carboxylic acids is 1. The van der Waals surface area contributed by atoms with Crippen LogP contribution in [0.1, 0.15) is 69.8 Å². The highest BCUT2D eigenvalue weighted by molar-refractivity contribution is 5.83.